The third kappa shape index (κ3) is 4.37. The normalized spacial score (nSPS) is 11.3. The molecular weight excluding hydrogens is 300 g/mol. The zero-order valence-electron chi connectivity index (χ0n) is 12.5. The number of ether oxygens (including phenoxy) is 1. The highest BCUT2D eigenvalue weighted by atomic mass is 35.5. The summed E-state index contributed by atoms with van der Waals surface area (Å²) < 4.78 is 5.45. The molecule has 0 heterocycles. The summed E-state index contributed by atoms with van der Waals surface area (Å²) in [5, 5.41) is 10.6. The summed E-state index contributed by atoms with van der Waals surface area (Å²) in [4.78, 5) is 11.9. The monoisotopic (exact) mass is 316 g/mol. The van der Waals surface area contributed by atoms with E-state index in [1.54, 1.807) is 30.3 Å². The first kappa shape index (κ1) is 16.1. The molecule has 0 aliphatic carbocycles. The molecule has 0 bridgehead atoms. The van der Waals surface area contributed by atoms with Crippen LogP contribution in [0.15, 0.2) is 48.5 Å². The molecule has 0 spiro atoms. The van der Waals surface area contributed by atoms with E-state index in [4.69, 9.17) is 16.3 Å². The molecule has 0 fully saturated rings. The Morgan fingerprint density at radius 2 is 1.86 bits per heavy atom. The van der Waals surface area contributed by atoms with Crippen molar-refractivity contribution in [1.82, 2.24) is 0 Å². The minimum atomic E-state index is -0.313. The van der Waals surface area contributed by atoms with Gasteiger partial charge < -0.3 is 9.84 Å². The maximum Gasteiger partial charge on any atom is 0.196 e. The van der Waals surface area contributed by atoms with Gasteiger partial charge in [0.15, 0.2) is 12.4 Å². The second-order valence-corrected chi connectivity index (χ2v) is 5.50. The number of ketones is 1. The third-order valence-corrected chi connectivity index (χ3v) is 3.39. The van der Waals surface area contributed by atoms with Crippen LogP contribution in [0, 0.1) is 13.8 Å². The Bertz CT molecular complexity index is 703. The van der Waals surface area contributed by atoms with Gasteiger partial charge in [0.05, 0.1) is 0 Å². The Morgan fingerprint density at radius 3 is 2.50 bits per heavy atom. The minimum absolute atomic E-state index is 0.0681. The van der Waals surface area contributed by atoms with Crippen molar-refractivity contribution in [2.45, 2.75) is 13.8 Å². The van der Waals surface area contributed by atoms with Crippen LogP contribution in [0.1, 0.15) is 16.7 Å². The molecule has 4 heteroatoms. The van der Waals surface area contributed by atoms with E-state index in [2.05, 4.69) is 0 Å². The van der Waals surface area contributed by atoms with Crippen molar-refractivity contribution in [3.05, 3.63) is 70.3 Å². The molecule has 2 rings (SSSR count). The molecule has 0 atom stereocenters. The maximum atomic E-state index is 11.9. The van der Waals surface area contributed by atoms with Gasteiger partial charge in [-0.25, -0.2) is 0 Å². The van der Waals surface area contributed by atoms with E-state index in [1.165, 1.54) is 6.08 Å². The molecule has 0 radical (unpaired) electrons. The van der Waals surface area contributed by atoms with E-state index in [-0.39, 0.29) is 18.1 Å². The summed E-state index contributed by atoms with van der Waals surface area (Å²) >= 11 is 5.86. The summed E-state index contributed by atoms with van der Waals surface area (Å²) in [5.74, 6) is 0.217. The van der Waals surface area contributed by atoms with Crippen LogP contribution >= 0.6 is 11.6 Å². The first-order valence-electron chi connectivity index (χ1n) is 6.85. The van der Waals surface area contributed by atoms with Crippen LogP contribution in [0.2, 0.25) is 5.02 Å². The number of aryl methyl sites for hydroxylation is 2. The molecule has 2 aromatic rings. The average molecular weight is 317 g/mol. The first-order chi connectivity index (χ1) is 10.5. The zero-order valence-corrected chi connectivity index (χ0v) is 13.2. The number of halogens is 1. The Labute approximate surface area is 134 Å². The molecular formula is C18H17ClO3. The van der Waals surface area contributed by atoms with Crippen LogP contribution in [0.5, 0.6) is 5.75 Å². The van der Waals surface area contributed by atoms with Crippen LogP contribution in [-0.2, 0) is 4.79 Å². The molecule has 3 nitrogen and oxygen atoms in total. The van der Waals surface area contributed by atoms with Crippen molar-refractivity contribution in [1.29, 1.82) is 0 Å². The molecule has 22 heavy (non-hydrogen) atoms. The summed E-state index contributed by atoms with van der Waals surface area (Å²) in [6.07, 6.45) is 1.18. The van der Waals surface area contributed by atoms with E-state index >= 15 is 0 Å². The van der Waals surface area contributed by atoms with Crippen molar-refractivity contribution in [3.8, 4) is 5.75 Å². The quantitative estimate of drug-likeness (QED) is 0.652. The van der Waals surface area contributed by atoms with Gasteiger partial charge in [-0.2, -0.15) is 0 Å². The van der Waals surface area contributed by atoms with Gasteiger partial charge >= 0.3 is 0 Å². The number of benzene rings is 2. The third-order valence-electron chi connectivity index (χ3n) is 3.15. The lowest BCUT2D eigenvalue weighted by Crippen LogP contribution is -2.09. The van der Waals surface area contributed by atoms with Crippen molar-refractivity contribution >= 4 is 23.1 Å². The van der Waals surface area contributed by atoms with Gasteiger partial charge in [0.1, 0.15) is 11.5 Å². The molecule has 0 aliphatic heterocycles. The van der Waals surface area contributed by atoms with E-state index in [1.807, 2.05) is 26.0 Å². The number of hydrogen-bond acceptors (Lipinski definition) is 3. The number of carbonyl (C=O) groups is 1. The molecule has 0 unspecified atom stereocenters. The Balaban J connectivity index is 2.00. The molecule has 114 valence electrons. The predicted octanol–water partition coefficient (Wildman–Crippen LogP) is 4.50. The predicted molar refractivity (Wildman–Crippen MR) is 88.5 cm³/mol. The van der Waals surface area contributed by atoms with Gasteiger partial charge in [0.2, 0.25) is 0 Å². The van der Waals surface area contributed by atoms with Gasteiger partial charge in [0.25, 0.3) is 0 Å². The average Bonchev–Trinajstić information content (AvgIpc) is 2.47. The molecule has 2 aromatic carbocycles. The second kappa shape index (κ2) is 7.14. The molecule has 0 aliphatic rings. The SMILES string of the molecule is Cc1ccc(/C(O)=C/C(=O)COc2ccc(Cl)cc2C)cc1. The Kier molecular flexibility index (Phi) is 5.23. The van der Waals surface area contributed by atoms with Gasteiger partial charge in [0, 0.05) is 16.7 Å². The lowest BCUT2D eigenvalue weighted by Gasteiger charge is -2.07. The van der Waals surface area contributed by atoms with Gasteiger partial charge in [-0.05, 0) is 37.6 Å². The highest BCUT2D eigenvalue weighted by Crippen LogP contribution is 2.21. The fourth-order valence-electron chi connectivity index (χ4n) is 1.93. The highest BCUT2D eigenvalue weighted by Gasteiger charge is 2.06. The minimum Gasteiger partial charge on any atom is -0.507 e. The summed E-state index contributed by atoms with van der Waals surface area (Å²) in [7, 11) is 0. The van der Waals surface area contributed by atoms with Crippen molar-refractivity contribution in [3.63, 3.8) is 0 Å². The van der Waals surface area contributed by atoms with Crippen LogP contribution < -0.4 is 4.74 Å². The number of rotatable bonds is 5. The molecule has 0 saturated carbocycles. The second-order valence-electron chi connectivity index (χ2n) is 5.06. The van der Waals surface area contributed by atoms with E-state index < -0.39 is 0 Å². The van der Waals surface area contributed by atoms with E-state index in [0.717, 1.165) is 11.1 Å². The smallest absolute Gasteiger partial charge is 0.196 e. The largest absolute Gasteiger partial charge is 0.507 e. The van der Waals surface area contributed by atoms with E-state index in [9.17, 15) is 9.90 Å². The fourth-order valence-corrected chi connectivity index (χ4v) is 2.15. The van der Waals surface area contributed by atoms with Crippen LogP contribution in [0.25, 0.3) is 5.76 Å². The standard InChI is InChI=1S/C18H17ClO3/c1-12-3-5-14(6-4-12)17(21)10-16(20)11-22-18-8-7-15(19)9-13(18)2/h3-10,21H,11H2,1-2H3/b17-10-. The zero-order chi connectivity index (χ0) is 16.1. The molecule has 0 aromatic heterocycles. The molecule has 1 N–H and O–H groups in total. The number of aliphatic hydroxyl groups is 1. The van der Waals surface area contributed by atoms with Gasteiger partial charge in [-0.3, -0.25) is 4.79 Å². The Hall–Kier alpha value is -2.26. The van der Waals surface area contributed by atoms with Crippen LogP contribution in [0.3, 0.4) is 0 Å². The van der Waals surface area contributed by atoms with Crippen LogP contribution in [-0.4, -0.2) is 17.5 Å². The number of hydrogen-bond donors (Lipinski definition) is 1. The summed E-state index contributed by atoms with van der Waals surface area (Å²) in [5.41, 5.74) is 2.54. The fraction of sp³-hybridized carbons (Fsp3) is 0.167. The summed E-state index contributed by atoms with van der Waals surface area (Å²) in [6.45, 7) is 3.67. The Morgan fingerprint density at radius 1 is 1.18 bits per heavy atom. The van der Waals surface area contributed by atoms with Crippen molar-refractivity contribution < 1.29 is 14.6 Å². The lowest BCUT2D eigenvalue weighted by atomic mass is 10.1. The molecule has 0 saturated heterocycles. The molecule has 0 amide bonds. The summed E-state index contributed by atoms with van der Waals surface area (Å²) in [6, 6.07) is 12.5. The topological polar surface area (TPSA) is 46.5 Å². The number of carbonyl (C=O) groups excluding carboxylic acids is 1. The first-order valence-corrected chi connectivity index (χ1v) is 7.23. The van der Waals surface area contributed by atoms with E-state index in [0.29, 0.717) is 16.3 Å². The lowest BCUT2D eigenvalue weighted by molar-refractivity contribution is -0.116. The van der Waals surface area contributed by atoms with Crippen molar-refractivity contribution in [2.24, 2.45) is 0 Å². The van der Waals surface area contributed by atoms with Crippen molar-refractivity contribution in [2.75, 3.05) is 6.61 Å². The van der Waals surface area contributed by atoms with Gasteiger partial charge in [-0.15, -0.1) is 0 Å². The van der Waals surface area contributed by atoms with Crippen LogP contribution in [0.4, 0.5) is 0 Å². The highest BCUT2D eigenvalue weighted by molar-refractivity contribution is 6.30. The van der Waals surface area contributed by atoms with Gasteiger partial charge in [-0.1, -0.05) is 41.4 Å². The number of aliphatic hydroxyl groups excluding tert-OH is 1. The maximum absolute atomic E-state index is 11.9.